The molecule has 0 saturated carbocycles. The summed E-state index contributed by atoms with van der Waals surface area (Å²) in [4.78, 5) is 0. The first-order chi connectivity index (χ1) is 8.54. The molecular weight excluding hydrogens is 231 g/mol. The quantitative estimate of drug-likeness (QED) is 0.816. The number of hydrogen-bond acceptors (Lipinski definition) is 2. The minimum Gasteiger partial charge on any atom is -0.396 e. The Morgan fingerprint density at radius 2 is 1.89 bits per heavy atom. The van der Waals surface area contributed by atoms with E-state index in [1.165, 1.54) is 6.08 Å². The van der Waals surface area contributed by atoms with Crippen molar-refractivity contribution in [3.63, 3.8) is 0 Å². The molecule has 0 aliphatic rings. The molecule has 0 aliphatic carbocycles. The van der Waals surface area contributed by atoms with Crippen LogP contribution in [0.5, 0.6) is 0 Å². The normalized spacial score (nSPS) is 15.8. The Labute approximate surface area is 108 Å². The number of rotatable bonds is 6. The van der Waals surface area contributed by atoms with Gasteiger partial charge in [0.1, 0.15) is 11.9 Å². The Kier molecular flexibility index (Phi) is 6.02. The van der Waals surface area contributed by atoms with E-state index in [9.17, 15) is 14.6 Å². The second-order valence-corrected chi connectivity index (χ2v) is 4.94. The van der Waals surface area contributed by atoms with Gasteiger partial charge in [0.05, 0.1) is 0 Å². The minimum atomic E-state index is -1.24. The van der Waals surface area contributed by atoms with Crippen molar-refractivity contribution in [1.29, 1.82) is 0 Å². The molecule has 1 rings (SSSR count). The zero-order valence-corrected chi connectivity index (χ0v) is 10.9. The van der Waals surface area contributed by atoms with Gasteiger partial charge in [-0.2, -0.15) is 0 Å². The van der Waals surface area contributed by atoms with Gasteiger partial charge in [-0.3, -0.25) is 0 Å². The molecule has 100 valence electrons. The second kappa shape index (κ2) is 7.29. The molecule has 3 heteroatoms. The molecular formula is C15H21FO2. The minimum absolute atomic E-state index is 0.104. The van der Waals surface area contributed by atoms with Crippen LogP contribution in [0, 0.1) is 11.8 Å². The lowest BCUT2D eigenvalue weighted by Gasteiger charge is -2.14. The van der Waals surface area contributed by atoms with Crippen molar-refractivity contribution in [3.05, 3.63) is 47.8 Å². The number of aliphatic hydroxyl groups excluding tert-OH is 2. The van der Waals surface area contributed by atoms with Crippen LogP contribution in [-0.2, 0) is 0 Å². The Hall–Kier alpha value is -1.19. The van der Waals surface area contributed by atoms with Gasteiger partial charge in [0.25, 0.3) is 0 Å². The zero-order valence-electron chi connectivity index (χ0n) is 10.9. The number of benzene rings is 1. The third-order valence-electron chi connectivity index (χ3n) is 2.78. The molecule has 1 aromatic carbocycles. The highest BCUT2D eigenvalue weighted by atomic mass is 19.1. The second-order valence-electron chi connectivity index (χ2n) is 4.94. The predicted octanol–water partition coefficient (Wildman–Crippen LogP) is 3.23. The van der Waals surface area contributed by atoms with E-state index >= 15 is 0 Å². The topological polar surface area (TPSA) is 40.5 Å². The Balaban J connectivity index is 2.75. The molecule has 2 nitrogen and oxygen atoms in total. The molecule has 0 radical (unpaired) electrons. The Morgan fingerprint density at radius 3 is 2.39 bits per heavy atom. The van der Waals surface area contributed by atoms with Crippen LogP contribution < -0.4 is 0 Å². The van der Waals surface area contributed by atoms with Crippen molar-refractivity contribution < 1.29 is 14.6 Å². The first-order valence-electron chi connectivity index (χ1n) is 6.25. The maximum absolute atomic E-state index is 13.9. The van der Waals surface area contributed by atoms with Crippen LogP contribution in [0.1, 0.15) is 31.9 Å². The predicted molar refractivity (Wildman–Crippen MR) is 70.6 cm³/mol. The highest BCUT2D eigenvalue weighted by molar-refractivity contribution is 5.23. The van der Waals surface area contributed by atoms with Gasteiger partial charge >= 0.3 is 0 Å². The summed E-state index contributed by atoms with van der Waals surface area (Å²) >= 11 is 0. The summed E-state index contributed by atoms with van der Waals surface area (Å²) in [6, 6.07) is 8.67. The van der Waals surface area contributed by atoms with Crippen molar-refractivity contribution in [2.24, 2.45) is 11.8 Å². The third kappa shape index (κ3) is 4.59. The average molecular weight is 252 g/mol. The van der Waals surface area contributed by atoms with Crippen LogP contribution in [0.3, 0.4) is 0 Å². The van der Waals surface area contributed by atoms with Gasteiger partial charge in [0, 0.05) is 12.5 Å². The first-order valence-corrected chi connectivity index (χ1v) is 6.25. The molecule has 18 heavy (non-hydrogen) atoms. The molecule has 0 bridgehead atoms. The smallest absolute Gasteiger partial charge is 0.130 e. The fourth-order valence-electron chi connectivity index (χ4n) is 1.91. The van der Waals surface area contributed by atoms with Crippen LogP contribution in [0.4, 0.5) is 4.39 Å². The summed E-state index contributed by atoms with van der Waals surface area (Å²) in [7, 11) is 0. The molecule has 0 spiro atoms. The summed E-state index contributed by atoms with van der Waals surface area (Å²) in [6.45, 7) is 3.93. The fourth-order valence-corrected chi connectivity index (χ4v) is 1.91. The van der Waals surface area contributed by atoms with Crippen molar-refractivity contribution in [2.45, 2.75) is 26.4 Å². The van der Waals surface area contributed by atoms with Crippen LogP contribution >= 0.6 is 0 Å². The van der Waals surface area contributed by atoms with Gasteiger partial charge in [0.15, 0.2) is 0 Å². The number of hydrogen-bond donors (Lipinski definition) is 2. The Morgan fingerprint density at radius 1 is 1.28 bits per heavy atom. The summed E-state index contributed by atoms with van der Waals surface area (Å²) in [5, 5.41) is 19.0. The summed E-state index contributed by atoms with van der Waals surface area (Å²) in [5.41, 5.74) is 0.521. The van der Waals surface area contributed by atoms with E-state index in [1.54, 1.807) is 24.3 Å². The molecule has 0 fully saturated rings. The summed E-state index contributed by atoms with van der Waals surface area (Å²) in [6.07, 6.45) is 0.788. The van der Waals surface area contributed by atoms with Gasteiger partial charge in [-0.1, -0.05) is 44.2 Å². The average Bonchev–Trinajstić information content (AvgIpc) is 2.37. The van der Waals surface area contributed by atoms with Gasteiger partial charge in [0.2, 0.25) is 0 Å². The van der Waals surface area contributed by atoms with E-state index in [2.05, 4.69) is 0 Å². The van der Waals surface area contributed by atoms with E-state index in [4.69, 9.17) is 0 Å². The van der Waals surface area contributed by atoms with Gasteiger partial charge in [-0.25, -0.2) is 4.39 Å². The van der Waals surface area contributed by atoms with Crippen molar-refractivity contribution in [2.75, 3.05) is 6.61 Å². The lowest BCUT2D eigenvalue weighted by Crippen LogP contribution is -2.08. The maximum Gasteiger partial charge on any atom is 0.130 e. The van der Waals surface area contributed by atoms with Crippen molar-refractivity contribution in [1.82, 2.24) is 0 Å². The van der Waals surface area contributed by atoms with Crippen LogP contribution in [0.25, 0.3) is 0 Å². The Bertz CT molecular complexity index is 373. The third-order valence-corrected chi connectivity index (χ3v) is 2.78. The zero-order chi connectivity index (χ0) is 13.5. The molecule has 2 atom stereocenters. The van der Waals surface area contributed by atoms with Gasteiger partial charge in [-0.15, -0.1) is 0 Å². The lowest BCUT2D eigenvalue weighted by atomic mass is 9.96. The van der Waals surface area contributed by atoms with Crippen molar-refractivity contribution >= 4 is 0 Å². The maximum atomic E-state index is 13.9. The highest BCUT2D eigenvalue weighted by Gasteiger charge is 2.16. The lowest BCUT2D eigenvalue weighted by molar-refractivity contribution is 0.179. The fraction of sp³-hybridized carbons (Fsp3) is 0.467. The molecule has 0 saturated heterocycles. The molecule has 0 heterocycles. The van der Waals surface area contributed by atoms with Gasteiger partial charge in [-0.05, 0) is 24.0 Å². The first kappa shape index (κ1) is 14.9. The molecule has 2 N–H and O–H groups in total. The molecule has 0 amide bonds. The summed E-state index contributed by atoms with van der Waals surface area (Å²) < 4.78 is 13.9. The number of aliphatic hydroxyl groups is 2. The molecule has 0 aliphatic heterocycles. The standard InChI is InChI=1S/C15H21FO2/c1-11(2)8-12(10-17)9-14(16)15(18)13-6-4-3-5-7-13/h3-7,9,11-12,15,17-18H,8,10H2,1-2H3/b14-9-/t12-,15-/m1/s1. The SMILES string of the molecule is CC(C)C[C@H](/C=C(\F)[C@H](O)c1ccccc1)CO. The highest BCUT2D eigenvalue weighted by Crippen LogP contribution is 2.25. The van der Waals surface area contributed by atoms with E-state index in [1.807, 2.05) is 19.9 Å². The molecule has 0 unspecified atom stereocenters. The van der Waals surface area contributed by atoms with E-state index in [0.717, 1.165) is 0 Å². The van der Waals surface area contributed by atoms with Crippen LogP contribution in [0.2, 0.25) is 0 Å². The largest absolute Gasteiger partial charge is 0.396 e. The molecule has 0 aromatic heterocycles. The van der Waals surface area contributed by atoms with E-state index in [-0.39, 0.29) is 12.5 Å². The molecule has 1 aromatic rings. The monoisotopic (exact) mass is 252 g/mol. The van der Waals surface area contributed by atoms with Gasteiger partial charge < -0.3 is 10.2 Å². The van der Waals surface area contributed by atoms with E-state index < -0.39 is 11.9 Å². The number of halogens is 1. The summed E-state index contributed by atoms with van der Waals surface area (Å²) in [5.74, 6) is -0.468. The van der Waals surface area contributed by atoms with Crippen LogP contribution in [-0.4, -0.2) is 16.8 Å². The van der Waals surface area contributed by atoms with Crippen LogP contribution in [0.15, 0.2) is 42.2 Å². The van der Waals surface area contributed by atoms with Crippen molar-refractivity contribution in [3.8, 4) is 0 Å². The van der Waals surface area contributed by atoms with E-state index in [0.29, 0.717) is 17.9 Å².